The molecule has 5 heteroatoms. The van der Waals surface area contributed by atoms with Crippen molar-refractivity contribution in [1.29, 1.82) is 0 Å². The fraction of sp³-hybridized carbons (Fsp3) is 0.889. The van der Waals surface area contributed by atoms with E-state index in [1.54, 1.807) is 11.9 Å². The van der Waals surface area contributed by atoms with Gasteiger partial charge in [0.15, 0.2) is 0 Å². The van der Waals surface area contributed by atoms with Crippen molar-refractivity contribution < 1.29 is 9.00 Å². The molecule has 2 atom stereocenters. The summed E-state index contributed by atoms with van der Waals surface area (Å²) in [6, 6.07) is 0.0537. The molecule has 0 aliphatic carbocycles. The molecule has 2 unspecified atom stereocenters. The molecule has 4 nitrogen and oxygen atoms in total. The lowest BCUT2D eigenvalue weighted by molar-refractivity contribution is -0.126. The van der Waals surface area contributed by atoms with Gasteiger partial charge in [-0.25, -0.2) is 0 Å². The quantitative estimate of drug-likeness (QED) is 0.682. The van der Waals surface area contributed by atoms with Crippen LogP contribution >= 0.6 is 0 Å². The van der Waals surface area contributed by atoms with Crippen LogP contribution in [-0.2, 0) is 15.6 Å². The van der Waals surface area contributed by atoms with Crippen LogP contribution in [0.1, 0.15) is 20.3 Å². The maximum absolute atomic E-state index is 11.4. The fourth-order valence-electron chi connectivity index (χ4n) is 0.814. The van der Waals surface area contributed by atoms with Crippen molar-refractivity contribution in [3.05, 3.63) is 0 Å². The summed E-state index contributed by atoms with van der Waals surface area (Å²) in [5.74, 6) is 0.577. The van der Waals surface area contributed by atoms with Gasteiger partial charge in [-0.05, 0) is 20.3 Å². The molecule has 0 saturated carbocycles. The van der Waals surface area contributed by atoms with Crippen LogP contribution in [0.3, 0.4) is 0 Å². The predicted molar refractivity (Wildman–Crippen MR) is 59.5 cm³/mol. The molecule has 0 aliphatic rings. The molecule has 1 amide bonds. The molecule has 14 heavy (non-hydrogen) atoms. The van der Waals surface area contributed by atoms with E-state index < -0.39 is 10.8 Å². The zero-order valence-corrected chi connectivity index (χ0v) is 9.97. The molecular formula is C9H20N2O2S. The van der Waals surface area contributed by atoms with Crippen LogP contribution in [0.5, 0.6) is 0 Å². The third-order valence-corrected chi connectivity index (χ3v) is 3.25. The Morgan fingerprint density at radius 3 is 2.57 bits per heavy atom. The van der Waals surface area contributed by atoms with Crippen LogP contribution in [0.25, 0.3) is 0 Å². The van der Waals surface area contributed by atoms with Gasteiger partial charge in [0.1, 0.15) is 5.75 Å². The van der Waals surface area contributed by atoms with E-state index in [0.717, 1.165) is 0 Å². The minimum Gasteiger partial charge on any atom is -0.345 e. The molecule has 0 aromatic carbocycles. The van der Waals surface area contributed by atoms with Crippen molar-refractivity contribution in [1.82, 2.24) is 4.90 Å². The van der Waals surface area contributed by atoms with Crippen molar-refractivity contribution in [2.24, 2.45) is 5.73 Å². The second-order valence-corrected chi connectivity index (χ2v) is 5.04. The summed E-state index contributed by atoms with van der Waals surface area (Å²) >= 11 is 0. The van der Waals surface area contributed by atoms with Crippen molar-refractivity contribution in [3.63, 3.8) is 0 Å². The Kier molecular flexibility index (Phi) is 6.74. The number of carbonyl (C=O) groups excluding carboxylic acids is 1. The third kappa shape index (κ3) is 6.10. The first kappa shape index (κ1) is 13.6. The van der Waals surface area contributed by atoms with Gasteiger partial charge in [-0.15, -0.1) is 0 Å². The SMILES string of the molecule is CCN(C)C(=O)CS(=O)CCC(C)N. The average molecular weight is 220 g/mol. The zero-order valence-electron chi connectivity index (χ0n) is 9.16. The van der Waals surface area contributed by atoms with Gasteiger partial charge < -0.3 is 10.6 Å². The van der Waals surface area contributed by atoms with Crippen molar-refractivity contribution in [2.75, 3.05) is 25.1 Å². The third-order valence-electron chi connectivity index (χ3n) is 1.99. The number of hydrogen-bond acceptors (Lipinski definition) is 3. The second-order valence-electron chi connectivity index (χ2n) is 3.46. The van der Waals surface area contributed by atoms with Gasteiger partial charge in [-0.3, -0.25) is 9.00 Å². The van der Waals surface area contributed by atoms with Gasteiger partial charge >= 0.3 is 0 Å². The first-order valence-electron chi connectivity index (χ1n) is 4.81. The minimum absolute atomic E-state index is 0.0537. The highest BCUT2D eigenvalue weighted by Gasteiger charge is 2.11. The molecule has 0 rings (SSSR count). The summed E-state index contributed by atoms with van der Waals surface area (Å²) in [6.07, 6.45) is 0.704. The number of amides is 1. The zero-order chi connectivity index (χ0) is 11.1. The number of carbonyl (C=O) groups is 1. The van der Waals surface area contributed by atoms with E-state index in [9.17, 15) is 9.00 Å². The first-order chi connectivity index (χ1) is 6.47. The van der Waals surface area contributed by atoms with Crippen LogP contribution in [0.2, 0.25) is 0 Å². The highest BCUT2D eigenvalue weighted by atomic mass is 32.2. The van der Waals surface area contributed by atoms with Gasteiger partial charge in [0.05, 0.1) is 0 Å². The van der Waals surface area contributed by atoms with Crippen LogP contribution in [-0.4, -0.2) is 46.2 Å². The second kappa shape index (κ2) is 6.95. The molecule has 0 saturated heterocycles. The molecule has 0 heterocycles. The van der Waals surface area contributed by atoms with E-state index in [1.807, 2.05) is 13.8 Å². The lowest BCUT2D eigenvalue weighted by Gasteiger charge is -2.14. The smallest absolute Gasteiger partial charge is 0.234 e. The van der Waals surface area contributed by atoms with Gasteiger partial charge in [0, 0.05) is 36.2 Å². The Bertz CT molecular complexity index is 207. The van der Waals surface area contributed by atoms with E-state index in [0.29, 0.717) is 18.7 Å². The summed E-state index contributed by atoms with van der Waals surface area (Å²) in [4.78, 5) is 12.9. The van der Waals surface area contributed by atoms with Crippen LogP contribution in [0.15, 0.2) is 0 Å². The fourth-order valence-corrected chi connectivity index (χ4v) is 2.09. The summed E-state index contributed by atoms with van der Waals surface area (Å²) in [7, 11) is 0.649. The topological polar surface area (TPSA) is 63.4 Å². The van der Waals surface area contributed by atoms with Crippen molar-refractivity contribution >= 4 is 16.7 Å². The Morgan fingerprint density at radius 1 is 1.57 bits per heavy atom. The number of rotatable bonds is 6. The molecule has 0 bridgehead atoms. The molecule has 2 N–H and O–H groups in total. The van der Waals surface area contributed by atoms with E-state index >= 15 is 0 Å². The van der Waals surface area contributed by atoms with E-state index in [-0.39, 0.29) is 17.7 Å². The Morgan fingerprint density at radius 2 is 2.14 bits per heavy atom. The lowest BCUT2D eigenvalue weighted by Crippen LogP contribution is -2.31. The van der Waals surface area contributed by atoms with Gasteiger partial charge in [0.25, 0.3) is 0 Å². The normalized spacial score (nSPS) is 14.9. The molecule has 0 fully saturated rings. The minimum atomic E-state index is -1.06. The molecule has 0 aromatic rings. The molecule has 0 spiro atoms. The Balaban J connectivity index is 3.77. The van der Waals surface area contributed by atoms with E-state index in [2.05, 4.69) is 0 Å². The number of hydrogen-bond donors (Lipinski definition) is 1. The standard InChI is InChI=1S/C9H20N2O2S/c1-4-11(3)9(12)7-14(13)6-5-8(2)10/h8H,4-7,10H2,1-3H3. The lowest BCUT2D eigenvalue weighted by atomic mass is 10.3. The highest BCUT2D eigenvalue weighted by molar-refractivity contribution is 7.85. The summed E-state index contributed by atoms with van der Waals surface area (Å²) < 4.78 is 11.4. The molecular weight excluding hydrogens is 200 g/mol. The Labute approximate surface area is 88.3 Å². The summed E-state index contributed by atoms with van der Waals surface area (Å²) in [6.45, 7) is 4.42. The number of nitrogens with two attached hydrogens (primary N) is 1. The van der Waals surface area contributed by atoms with Gasteiger partial charge in [-0.2, -0.15) is 0 Å². The monoisotopic (exact) mass is 220 g/mol. The van der Waals surface area contributed by atoms with E-state index in [1.165, 1.54) is 0 Å². The number of nitrogens with zero attached hydrogens (tertiary/aromatic N) is 1. The predicted octanol–water partition coefficient (Wildman–Crippen LogP) is -0.0493. The van der Waals surface area contributed by atoms with Crippen molar-refractivity contribution in [3.8, 4) is 0 Å². The maximum atomic E-state index is 11.4. The van der Waals surface area contributed by atoms with Gasteiger partial charge in [0.2, 0.25) is 5.91 Å². The van der Waals surface area contributed by atoms with Crippen LogP contribution in [0.4, 0.5) is 0 Å². The van der Waals surface area contributed by atoms with Crippen molar-refractivity contribution in [2.45, 2.75) is 26.3 Å². The van der Waals surface area contributed by atoms with Crippen LogP contribution in [0, 0.1) is 0 Å². The molecule has 0 radical (unpaired) electrons. The van der Waals surface area contributed by atoms with Gasteiger partial charge in [-0.1, -0.05) is 0 Å². The molecule has 0 aliphatic heterocycles. The largest absolute Gasteiger partial charge is 0.345 e. The van der Waals surface area contributed by atoms with E-state index in [4.69, 9.17) is 5.73 Å². The first-order valence-corrected chi connectivity index (χ1v) is 6.30. The summed E-state index contributed by atoms with van der Waals surface area (Å²) in [5.41, 5.74) is 5.53. The molecule has 0 aromatic heterocycles. The maximum Gasteiger partial charge on any atom is 0.234 e. The van der Waals surface area contributed by atoms with Crippen LogP contribution < -0.4 is 5.73 Å². The summed E-state index contributed by atoms with van der Waals surface area (Å²) in [5, 5.41) is 0. The Hall–Kier alpha value is -0.420. The average Bonchev–Trinajstić information content (AvgIpc) is 2.13. The highest BCUT2D eigenvalue weighted by Crippen LogP contribution is 1.94. The molecule has 84 valence electrons.